The number of hydrogen-bond acceptors (Lipinski definition) is 6. The summed E-state index contributed by atoms with van der Waals surface area (Å²) in [5.41, 5.74) is 0.390. The van der Waals surface area contributed by atoms with Crippen molar-refractivity contribution >= 4 is 22.6 Å². The molecule has 0 saturated heterocycles. The van der Waals surface area contributed by atoms with Gasteiger partial charge in [-0.05, 0) is 18.2 Å². The third-order valence-electron chi connectivity index (χ3n) is 2.12. The number of carbonyl (C=O) groups is 1. The molecule has 88 valence electrons. The van der Waals surface area contributed by atoms with Crippen molar-refractivity contribution in [2.45, 2.75) is 0 Å². The molecule has 0 aliphatic heterocycles. The van der Waals surface area contributed by atoms with Crippen LogP contribution in [0.3, 0.4) is 0 Å². The minimum atomic E-state index is -1.06. The summed E-state index contributed by atoms with van der Waals surface area (Å²) in [7, 11) is 1.71. The number of carboxylic acid groups (broad SMARTS) is 1. The maximum atomic E-state index is 10.8. The summed E-state index contributed by atoms with van der Waals surface area (Å²) in [4.78, 5) is 14.9. The topological polar surface area (TPSA) is 95.3 Å². The largest absolute Gasteiger partial charge is 0.507 e. The molecule has 0 fully saturated rings. The molecule has 3 N–H and O–H groups in total. The maximum absolute atomic E-state index is 10.8. The molecule has 0 atom stereocenters. The van der Waals surface area contributed by atoms with E-state index < -0.39 is 5.97 Å². The SMILES string of the molecule is CNc1nc(-c2cc(C(=O)O)ccc2O)ns1. The van der Waals surface area contributed by atoms with E-state index in [2.05, 4.69) is 14.7 Å². The first-order valence-corrected chi connectivity index (χ1v) is 5.47. The van der Waals surface area contributed by atoms with Gasteiger partial charge in [-0.3, -0.25) is 0 Å². The number of anilines is 1. The number of nitrogens with one attached hydrogen (secondary N) is 1. The zero-order chi connectivity index (χ0) is 12.4. The average molecular weight is 251 g/mol. The zero-order valence-electron chi connectivity index (χ0n) is 8.84. The molecule has 1 aromatic carbocycles. The van der Waals surface area contributed by atoms with Crippen molar-refractivity contribution in [2.24, 2.45) is 0 Å². The fraction of sp³-hybridized carbons (Fsp3) is 0.100. The Morgan fingerprint density at radius 1 is 1.47 bits per heavy atom. The molecule has 0 bridgehead atoms. The van der Waals surface area contributed by atoms with E-state index in [0.717, 1.165) is 11.5 Å². The third kappa shape index (κ3) is 2.18. The smallest absolute Gasteiger partial charge is 0.335 e. The Kier molecular flexibility index (Phi) is 2.92. The van der Waals surface area contributed by atoms with Crippen molar-refractivity contribution in [1.82, 2.24) is 9.36 Å². The Labute approximate surface area is 101 Å². The van der Waals surface area contributed by atoms with E-state index in [0.29, 0.717) is 16.5 Å². The molecule has 0 saturated carbocycles. The van der Waals surface area contributed by atoms with Gasteiger partial charge in [0.15, 0.2) is 5.82 Å². The van der Waals surface area contributed by atoms with Crippen LogP contribution in [0.25, 0.3) is 11.4 Å². The molecule has 1 aromatic heterocycles. The van der Waals surface area contributed by atoms with Crippen LogP contribution >= 0.6 is 11.5 Å². The Morgan fingerprint density at radius 2 is 2.24 bits per heavy atom. The van der Waals surface area contributed by atoms with Crippen molar-refractivity contribution in [3.05, 3.63) is 23.8 Å². The second kappa shape index (κ2) is 4.38. The Bertz CT molecular complexity index is 568. The molecule has 1 heterocycles. The lowest BCUT2D eigenvalue weighted by molar-refractivity contribution is 0.0697. The molecule has 2 aromatic rings. The summed E-state index contributed by atoms with van der Waals surface area (Å²) in [6, 6.07) is 3.99. The first-order valence-electron chi connectivity index (χ1n) is 4.70. The first kappa shape index (κ1) is 11.3. The number of phenols is 1. The quantitative estimate of drug-likeness (QED) is 0.767. The highest BCUT2D eigenvalue weighted by atomic mass is 32.1. The molecule has 0 amide bonds. The van der Waals surface area contributed by atoms with Crippen molar-refractivity contribution in [1.29, 1.82) is 0 Å². The molecule has 0 unspecified atom stereocenters. The highest BCUT2D eigenvalue weighted by Gasteiger charge is 2.13. The number of phenolic OH excluding ortho intramolecular Hbond substituents is 1. The minimum Gasteiger partial charge on any atom is -0.507 e. The van der Waals surface area contributed by atoms with Gasteiger partial charge in [-0.2, -0.15) is 9.36 Å². The fourth-order valence-electron chi connectivity index (χ4n) is 1.28. The fourth-order valence-corrected chi connectivity index (χ4v) is 1.81. The van der Waals surface area contributed by atoms with E-state index in [9.17, 15) is 9.90 Å². The van der Waals surface area contributed by atoms with Crippen molar-refractivity contribution in [2.75, 3.05) is 12.4 Å². The number of aromatic hydroxyl groups is 1. The molecular weight excluding hydrogens is 242 g/mol. The Hall–Kier alpha value is -2.15. The van der Waals surface area contributed by atoms with Gasteiger partial charge >= 0.3 is 5.97 Å². The number of carboxylic acids is 1. The van der Waals surface area contributed by atoms with Gasteiger partial charge in [-0.1, -0.05) is 0 Å². The van der Waals surface area contributed by atoms with Crippen LogP contribution in [0.2, 0.25) is 0 Å². The van der Waals surface area contributed by atoms with Gasteiger partial charge in [0.25, 0.3) is 0 Å². The molecular formula is C10H9N3O3S. The standard InChI is InChI=1S/C10H9N3O3S/c1-11-10-12-8(13-17-10)6-4-5(9(15)16)2-3-7(6)14/h2-4,14H,1H3,(H,15,16)(H,11,12,13). The molecule has 0 aliphatic rings. The first-order chi connectivity index (χ1) is 8.11. The van der Waals surface area contributed by atoms with Crippen molar-refractivity contribution < 1.29 is 15.0 Å². The summed E-state index contributed by atoms with van der Waals surface area (Å²) < 4.78 is 4.03. The van der Waals surface area contributed by atoms with E-state index in [-0.39, 0.29) is 11.3 Å². The summed E-state index contributed by atoms with van der Waals surface area (Å²) in [6.07, 6.45) is 0. The van der Waals surface area contributed by atoms with Crippen LogP contribution < -0.4 is 5.32 Å². The molecule has 0 radical (unpaired) electrons. The monoisotopic (exact) mass is 251 g/mol. The van der Waals surface area contributed by atoms with Gasteiger partial charge in [0.05, 0.1) is 11.1 Å². The van der Waals surface area contributed by atoms with E-state index >= 15 is 0 Å². The van der Waals surface area contributed by atoms with Crippen LogP contribution in [0.1, 0.15) is 10.4 Å². The normalized spacial score (nSPS) is 10.2. The maximum Gasteiger partial charge on any atom is 0.335 e. The van der Waals surface area contributed by atoms with Crippen LogP contribution in [-0.4, -0.2) is 32.6 Å². The zero-order valence-corrected chi connectivity index (χ0v) is 9.65. The molecule has 0 aliphatic carbocycles. The lowest BCUT2D eigenvalue weighted by Gasteiger charge is -2.01. The second-order valence-electron chi connectivity index (χ2n) is 3.21. The number of aromatic nitrogens is 2. The van der Waals surface area contributed by atoms with E-state index in [1.807, 2.05) is 0 Å². The number of hydrogen-bond donors (Lipinski definition) is 3. The average Bonchev–Trinajstić information content (AvgIpc) is 2.77. The van der Waals surface area contributed by atoms with E-state index in [4.69, 9.17) is 5.11 Å². The van der Waals surface area contributed by atoms with Crippen LogP contribution in [0.15, 0.2) is 18.2 Å². The Balaban J connectivity index is 2.49. The summed E-state index contributed by atoms with van der Waals surface area (Å²) in [5.74, 6) is -0.800. The minimum absolute atomic E-state index is 0.0459. The highest BCUT2D eigenvalue weighted by molar-refractivity contribution is 7.09. The predicted molar refractivity (Wildman–Crippen MR) is 63.5 cm³/mol. The van der Waals surface area contributed by atoms with Crippen molar-refractivity contribution in [3.8, 4) is 17.1 Å². The van der Waals surface area contributed by atoms with Crippen LogP contribution in [0.4, 0.5) is 5.13 Å². The molecule has 6 nitrogen and oxygen atoms in total. The van der Waals surface area contributed by atoms with Crippen LogP contribution in [0.5, 0.6) is 5.75 Å². The number of rotatable bonds is 3. The third-order valence-corrected chi connectivity index (χ3v) is 2.86. The number of nitrogens with zero attached hydrogens (tertiary/aromatic N) is 2. The van der Waals surface area contributed by atoms with Gasteiger partial charge in [-0.15, -0.1) is 0 Å². The van der Waals surface area contributed by atoms with Crippen LogP contribution in [0, 0.1) is 0 Å². The van der Waals surface area contributed by atoms with Gasteiger partial charge in [0.2, 0.25) is 5.13 Å². The van der Waals surface area contributed by atoms with Gasteiger partial charge in [0, 0.05) is 18.6 Å². The highest BCUT2D eigenvalue weighted by Crippen LogP contribution is 2.29. The van der Waals surface area contributed by atoms with Gasteiger partial charge in [0.1, 0.15) is 5.75 Å². The second-order valence-corrected chi connectivity index (χ2v) is 3.96. The molecule has 2 rings (SSSR count). The van der Waals surface area contributed by atoms with E-state index in [1.54, 1.807) is 7.05 Å². The summed E-state index contributed by atoms with van der Waals surface area (Å²) in [6.45, 7) is 0. The molecule has 0 spiro atoms. The molecule has 17 heavy (non-hydrogen) atoms. The van der Waals surface area contributed by atoms with Crippen LogP contribution in [-0.2, 0) is 0 Å². The predicted octanol–water partition coefficient (Wildman–Crippen LogP) is 1.65. The number of benzene rings is 1. The van der Waals surface area contributed by atoms with E-state index in [1.165, 1.54) is 18.2 Å². The lowest BCUT2D eigenvalue weighted by Crippen LogP contribution is -1.96. The summed E-state index contributed by atoms with van der Waals surface area (Å²) in [5, 5.41) is 21.9. The lowest BCUT2D eigenvalue weighted by atomic mass is 10.1. The van der Waals surface area contributed by atoms with Gasteiger partial charge < -0.3 is 15.5 Å². The Morgan fingerprint density at radius 3 is 2.82 bits per heavy atom. The van der Waals surface area contributed by atoms with Gasteiger partial charge in [-0.25, -0.2) is 4.79 Å². The molecule has 7 heteroatoms. The number of aromatic carboxylic acids is 1. The summed E-state index contributed by atoms with van der Waals surface area (Å²) >= 11 is 1.14. The van der Waals surface area contributed by atoms with Crippen molar-refractivity contribution in [3.63, 3.8) is 0 Å².